The van der Waals surface area contributed by atoms with E-state index in [0.717, 1.165) is 6.08 Å². The molecule has 0 bridgehead atoms. The fourth-order valence-corrected chi connectivity index (χ4v) is 1.23. The van der Waals surface area contributed by atoms with Crippen LogP contribution in [-0.2, 0) is 4.74 Å². The standard InChI is InChI=1S/C10H14F3NO2/c1-4-6-9(14-15,10(11,12)13)7-8(3)16-5-2/h4H,1,3,5-7H2,2H3. The number of hydrogen-bond donors (Lipinski definition) is 0. The van der Waals surface area contributed by atoms with Crippen LogP contribution in [0.5, 0.6) is 0 Å². The molecule has 1 atom stereocenters. The van der Waals surface area contributed by atoms with Crippen molar-refractivity contribution in [1.82, 2.24) is 0 Å². The second-order valence-corrected chi connectivity index (χ2v) is 3.26. The number of nitroso groups, excluding NO2 is 1. The third-order valence-electron chi connectivity index (χ3n) is 2.02. The summed E-state index contributed by atoms with van der Waals surface area (Å²) in [6.07, 6.45) is -5.01. The van der Waals surface area contributed by atoms with Crippen LogP contribution in [0, 0.1) is 4.91 Å². The molecule has 3 nitrogen and oxygen atoms in total. The van der Waals surface area contributed by atoms with Crippen LogP contribution in [0.4, 0.5) is 13.2 Å². The fourth-order valence-electron chi connectivity index (χ4n) is 1.23. The Kier molecular flexibility index (Phi) is 5.20. The number of halogens is 3. The van der Waals surface area contributed by atoms with E-state index in [2.05, 4.69) is 18.3 Å². The molecule has 0 fully saturated rings. The van der Waals surface area contributed by atoms with Gasteiger partial charge in [0.25, 0.3) is 0 Å². The topological polar surface area (TPSA) is 38.7 Å². The van der Waals surface area contributed by atoms with Gasteiger partial charge in [0.1, 0.15) is 0 Å². The van der Waals surface area contributed by atoms with Gasteiger partial charge in [-0.15, -0.1) is 11.5 Å². The average Bonchev–Trinajstić information content (AvgIpc) is 2.15. The largest absolute Gasteiger partial charge is 0.499 e. The van der Waals surface area contributed by atoms with Crippen LogP contribution in [-0.4, -0.2) is 18.3 Å². The van der Waals surface area contributed by atoms with Gasteiger partial charge in [0.15, 0.2) is 0 Å². The maximum Gasteiger partial charge on any atom is 0.417 e. The van der Waals surface area contributed by atoms with E-state index in [1.54, 1.807) is 6.92 Å². The Morgan fingerprint density at radius 1 is 1.50 bits per heavy atom. The Hall–Kier alpha value is -1.33. The van der Waals surface area contributed by atoms with Gasteiger partial charge in [-0.3, -0.25) is 0 Å². The predicted octanol–water partition coefficient (Wildman–Crippen LogP) is 3.57. The summed E-state index contributed by atoms with van der Waals surface area (Å²) in [5.74, 6) is -0.110. The minimum Gasteiger partial charge on any atom is -0.499 e. The van der Waals surface area contributed by atoms with E-state index < -0.39 is 24.6 Å². The summed E-state index contributed by atoms with van der Waals surface area (Å²) in [6.45, 7) is 8.32. The normalized spacial score (nSPS) is 15.0. The molecule has 0 aromatic rings. The zero-order valence-electron chi connectivity index (χ0n) is 9.01. The Morgan fingerprint density at radius 3 is 2.38 bits per heavy atom. The summed E-state index contributed by atoms with van der Waals surface area (Å²) in [5.41, 5.74) is -2.72. The van der Waals surface area contributed by atoms with Crippen LogP contribution in [0.1, 0.15) is 19.8 Å². The Balaban J connectivity index is 4.98. The molecule has 0 aliphatic carbocycles. The molecule has 0 spiro atoms. The van der Waals surface area contributed by atoms with Crippen LogP contribution in [0.15, 0.2) is 30.2 Å². The molecule has 92 valence electrons. The highest BCUT2D eigenvalue weighted by Gasteiger charge is 2.56. The van der Waals surface area contributed by atoms with E-state index in [0.29, 0.717) is 0 Å². The summed E-state index contributed by atoms with van der Waals surface area (Å²) in [5, 5.41) is 2.22. The first-order chi connectivity index (χ1) is 7.33. The summed E-state index contributed by atoms with van der Waals surface area (Å²) in [4.78, 5) is 10.5. The summed E-state index contributed by atoms with van der Waals surface area (Å²) >= 11 is 0. The van der Waals surface area contributed by atoms with Crippen LogP contribution in [0.3, 0.4) is 0 Å². The van der Waals surface area contributed by atoms with Crippen molar-refractivity contribution in [3.63, 3.8) is 0 Å². The van der Waals surface area contributed by atoms with E-state index in [-0.39, 0.29) is 12.4 Å². The Morgan fingerprint density at radius 2 is 2.06 bits per heavy atom. The molecule has 0 saturated carbocycles. The fraction of sp³-hybridized carbons (Fsp3) is 0.600. The number of rotatable bonds is 7. The summed E-state index contributed by atoms with van der Waals surface area (Å²) < 4.78 is 43.0. The van der Waals surface area contributed by atoms with Gasteiger partial charge in [-0.05, 0) is 6.92 Å². The number of nitrogens with zero attached hydrogens (tertiary/aromatic N) is 1. The van der Waals surface area contributed by atoms with Crippen molar-refractivity contribution >= 4 is 0 Å². The first-order valence-electron chi connectivity index (χ1n) is 4.65. The maximum atomic E-state index is 12.7. The molecular weight excluding hydrogens is 223 g/mol. The van der Waals surface area contributed by atoms with Gasteiger partial charge in [0.05, 0.1) is 12.4 Å². The van der Waals surface area contributed by atoms with Gasteiger partial charge >= 0.3 is 6.18 Å². The lowest BCUT2D eigenvalue weighted by Crippen LogP contribution is -2.43. The molecule has 0 rings (SSSR count). The van der Waals surface area contributed by atoms with Gasteiger partial charge in [-0.25, -0.2) is 0 Å². The molecule has 0 radical (unpaired) electrons. The minimum atomic E-state index is -4.75. The van der Waals surface area contributed by atoms with Crippen LogP contribution >= 0.6 is 0 Å². The summed E-state index contributed by atoms with van der Waals surface area (Å²) in [6, 6.07) is 0. The lowest BCUT2D eigenvalue weighted by Gasteiger charge is -2.28. The van der Waals surface area contributed by atoms with Crippen molar-refractivity contribution in [3.8, 4) is 0 Å². The molecule has 0 saturated heterocycles. The van der Waals surface area contributed by atoms with Crippen molar-refractivity contribution < 1.29 is 17.9 Å². The minimum absolute atomic E-state index is 0.110. The first-order valence-corrected chi connectivity index (χ1v) is 4.65. The van der Waals surface area contributed by atoms with Crippen LogP contribution in [0.2, 0.25) is 0 Å². The summed E-state index contributed by atoms with van der Waals surface area (Å²) in [7, 11) is 0. The molecule has 16 heavy (non-hydrogen) atoms. The molecule has 0 N–H and O–H groups in total. The van der Waals surface area contributed by atoms with E-state index >= 15 is 0 Å². The smallest absolute Gasteiger partial charge is 0.417 e. The molecular formula is C10H14F3NO2. The van der Waals surface area contributed by atoms with E-state index in [1.807, 2.05) is 0 Å². The highest BCUT2D eigenvalue weighted by Crippen LogP contribution is 2.41. The number of ether oxygens (including phenoxy) is 1. The molecule has 0 heterocycles. The van der Waals surface area contributed by atoms with Crippen molar-refractivity contribution in [3.05, 3.63) is 29.9 Å². The quantitative estimate of drug-likeness (QED) is 0.385. The predicted molar refractivity (Wildman–Crippen MR) is 54.8 cm³/mol. The molecule has 0 amide bonds. The lowest BCUT2D eigenvalue weighted by atomic mass is 9.90. The number of alkyl halides is 3. The second-order valence-electron chi connectivity index (χ2n) is 3.26. The second kappa shape index (κ2) is 5.67. The van der Waals surface area contributed by atoms with Gasteiger partial charge in [-0.1, -0.05) is 17.8 Å². The van der Waals surface area contributed by atoms with Crippen molar-refractivity contribution in [2.24, 2.45) is 5.18 Å². The van der Waals surface area contributed by atoms with Crippen LogP contribution in [0.25, 0.3) is 0 Å². The van der Waals surface area contributed by atoms with Crippen molar-refractivity contribution in [2.45, 2.75) is 31.5 Å². The third kappa shape index (κ3) is 3.36. The highest BCUT2D eigenvalue weighted by atomic mass is 19.4. The van der Waals surface area contributed by atoms with Gasteiger partial charge in [0, 0.05) is 12.8 Å². The van der Waals surface area contributed by atoms with Crippen molar-refractivity contribution in [2.75, 3.05) is 6.61 Å². The van der Waals surface area contributed by atoms with E-state index in [1.165, 1.54) is 0 Å². The first kappa shape index (κ1) is 14.7. The third-order valence-corrected chi connectivity index (χ3v) is 2.02. The van der Waals surface area contributed by atoms with Gasteiger partial charge in [-0.2, -0.15) is 13.2 Å². The van der Waals surface area contributed by atoms with E-state index in [9.17, 15) is 18.1 Å². The molecule has 0 aromatic carbocycles. The zero-order valence-corrected chi connectivity index (χ0v) is 9.01. The SMILES string of the molecule is C=CCC(CC(=C)OCC)(N=O)C(F)(F)F. The maximum absolute atomic E-state index is 12.7. The molecule has 6 heteroatoms. The molecule has 0 aromatic heterocycles. The molecule has 0 aliphatic heterocycles. The Labute approximate surface area is 91.9 Å². The molecule has 0 aliphatic rings. The van der Waals surface area contributed by atoms with Crippen LogP contribution < -0.4 is 0 Å². The Bertz CT molecular complexity index is 276. The highest BCUT2D eigenvalue weighted by molar-refractivity contribution is 5.06. The monoisotopic (exact) mass is 237 g/mol. The van der Waals surface area contributed by atoms with E-state index in [4.69, 9.17) is 4.74 Å². The zero-order chi connectivity index (χ0) is 12.8. The van der Waals surface area contributed by atoms with Gasteiger partial charge < -0.3 is 4.74 Å². The molecule has 1 unspecified atom stereocenters. The van der Waals surface area contributed by atoms with Gasteiger partial charge in [0.2, 0.25) is 5.54 Å². The van der Waals surface area contributed by atoms with Crippen molar-refractivity contribution in [1.29, 1.82) is 0 Å². The lowest BCUT2D eigenvalue weighted by molar-refractivity contribution is -0.186. The number of hydrogen-bond acceptors (Lipinski definition) is 3. The average molecular weight is 237 g/mol.